The Bertz CT molecular complexity index is 309. The van der Waals surface area contributed by atoms with Crippen LogP contribution in [0.2, 0.25) is 0 Å². The van der Waals surface area contributed by atoms with Crippen molar-refractivity contribution in [1.29, 1.82) is 0 Å². The van der Waals surface area contributed by atoms with Gasteiger partial charge in [-0.05, 0) is 39.5 Å². The fourth-order valence-electron chi connectivity index (χ4n) is 2.30. The number of rotatable bonds is 3. The van der Waals surface area contributed by atoms with Gasteiger partial charge in [0.15, 0.2) is 0 Å². The number of esters is 1. The molecule has 2 unspecified atom stereocenters. The summed E-state index contributed by atoms with van der Waals surface area (Å²) in [5, 5.41) is 0. The van der Waals surface area contributed by atoms with E-state index in [1.54, 1.807) is 6.92 Å². The Balaban J connectivity index is 2.61. The minimum absolute atomic E-state index is 0.0276. The first-order chi connectivity index (χ1) is 8.06. The summed E-state index contributed by atoms with van der Waals surface area (Å²) in [6.07, 6.45) is 2.83. The van der Waals surface area contributed by atoms with Crippen LogP contribution in [0.5, 0.6) is 0 Å². The maximum atomic E-state index is 11.7. The minimum atomic E-state index is -0.507. The second-order valence-corrected chi connectivity index (χ2v) is 4.55. The molecule has 0 amide bonds. The van der Waals surface area contributed by atoms with Crippen molar-refractivity contribution in [3.63, 3.8) is 0 Å². The van der Waals surface area contributed by atoms with Crippen molar-refractivity contribution in [1.82, 2.24) is 0 Å². The zero-order valence-electron chi connectivity index (χ0n) is 10.5. The molecule has 0 saturated heterocycles. The number of carbonyl (C=O) groups excluding carboxylic acids is 3. The van der Waals surface area contributed by atoms with Crippen LogP contribution in [0.3, 0.4) is 0 Å². The molecule has 1 aliphatic carbocycles. The molecule has 0 N–H and O–H groups in total. The van der Waals surface area contributed by atoms with Gasteiger partial charge in [-0.2, -0.15) is 0 Å². The van der Waals surface area contributed by atoms with Gasteiger partial charge in [0, 0.05) is 6.42 Å². The van der Waals surface area contributed by atoms with Crippen LogP contribution in [-0.4, -0.2) is 24.1 Å². The summed E-state index contributed by atoms with van der Waals surface area (Å²) in [6.45, 7) is 3.61. The molecule has 4 heteroatoms. The van der Waals surface area contributed by atoms with Gasteiger partial charge in [-0.15, -0.1) is 0 Å². The second kappa shape index (κ2) is 6.52. The Morgan fingerprint density at radius 2 is 2.00 bits per heavy atom. The average Bonchev–Trinajstić information content (AvgIpc) is 2.23. The smallest absolute Gasteiger partial charge is 0.308 e. The maximum absolute atomic E-state index is 11.7. The van der Waals surface area contributed by atoms with Crippen LogP contribution < -0.4 is 0 Å². The van der Waals surface area contributed by atoms with E-state index in [-0.39, 0.29) is 23.5 Å². The second-order valence-electron chi connectivity index (χ2n) is 4.55. The first-order valence-corrected chi connectivity index (χ1v) is 6.26. The zero-order chi connectivity index (χ0) is 12.8. The zero-order valence-corrected chi connectivity index (χ0v) is 10.5. The topological polar surface area (TPSA) is 60.4 Å². The molecule has 17 heavy (non-hydrogen) atoms. The molecular weight excluding hydrogens is 220 g/mol. The van der Waals surface area contributed by atoms with Gasteiger partial charge in [-0.25, -0.2) is 0 Å². The number of Topliss-reactive ketones (excluding diaryl/α,β-unsaturated/α-hetero) is 2. The highest BCUT2D eigenvalue weighted by molar-refractivity contribution is 6.01. The molecule has 0 aromatic carbocycles. The summed E-state index contributed by atoms with van der Waals surface area (Å²) in [6, 6.07) is 0. The largest absolute Gasteiger partial charge is 0.466 e. The molecule has 1 rings (SSSR count). The monoisotopic (exact) mass is 240 g/mol. The minimum Gasteiger partial charge on any atom is -0.466 e. The van der Waals surface area contributed by atoms with E-state index in [4.69, 9.17) is 4.74 Å². The van der Waals surface area contributed by atoms with Gasteiger partial charge in [0.2, 0.25) is 0 Å². The van der Waals surface area contributed by atoms with E-state index >= 15 is 0 Å². The first kappa shape index (κ1) is 13.9. The van der Waals surface area contributed by atoms with Crippen LogP contribution in [0.15, 0.2) is 0 Å². The van der Waals surface area contributed by atoms with Crippen LogP contribution in [0.4, 0.5) is 0 Å². The van der Waals surface area contributed by atoms with Crippen LogP contribution in [0.25, 0.3) is 0 Å². The van der Waals surface area contributed by atoms with E-state index in [0.29, 0.717) is 38.7 Å². The molecule has 0 radical (unpaired) electrons. The Kier molecular flexibility index (Phi) is 5.32. The molecule has 1 saturated carbocycles. The molecule has 4 nitrogen and oxygen atoms in total. The standard InChI is InChI=1S/C13H20O4/c1-3-17-13(16)10-5-4-6-12(15)11(8-7-10)9(2)14/h10-11H,3-8H2,1-2H3. The molecule has 96 valence electrons. The predicted octanol–water partition coefficient (Wildman–Crippen LogP) is 1.90. The number of carbonyl (C=O) groups is 3. The molecule has 2 atom stereocenters. The number of hydrogen-bond acceptors (Lipinski definition) is 4. The SMILES string of the molecule is CCOC(=O)C1CCCC(=O)C(C(C)=O)CC1. The highest BCUT2D eigenvalue weighted by atomic mass is 16.5. The lowest BCUT2D eigenvalue weighted by atomic mass is 9.83. The third-order valence-electron chi connectivity index (χ3n) is 3.28. The highest BCUT2D eigenvalue weighted by Gasteiger charge is 2.29. The summed E-state index contributed by atoms with van der Waals surface area (Å²) >= 11 is 0. The van der Waals surface area contributed by atoms with Crippen LogP contribution in [0.1, 0.15) is 46.0 Å². The van der Waals surface area contributed by atoms with Crippen molar-refractivity contribution in [2.24, 2.45) is 11.8 Å². The van der Waals surface area contributed by atoms with Gasteiger partial charge in [-0.1, -0.05) is 0 Å². The van der Waals surface area contributed by atoms with E-state index in [0.717, 1.165) is 0 Å². The van der Waals surface area contributed by atoms with Gasteiger partial charge >= 0.3 is 5.97 Å². The summed E-state index contributed by atoms with van der Waals surface area (Å²) < 4.78 is 4.99. The summed E-state index contributed by atoms with van der Waals surface area (Å²) in [4.78, 5) is 34.6. The van der Waals surface area contributed by atoms with Crippen molar-refractivity contribution >= 4 is 17.5 Å². The lowest BCUT2D eigenvalue weighted by Gasteiger charge is -2.21. The van der Waals surface area contributed by atoms with Gasteiger partial charge in [-0.3, -0.25) is 14.4 Å². The van der Waals surface area contributed by atoms with Crippen molar-refractivity contribution in [3.8, 4) is 0 Å². The van der Waals surface area contributed by atoms with E-state index in [9.17, 15) is 14.4 Å². The predicted molar refractivity (Wildman–Crippen MR) is 62.4 cm³/mol. The number of ether oxygens (including phenoxy) is 1. The lowest BCUT2D eigenvalue weighted by molar-refractivity contribution is -0.149. The Morgan fingerprint density at radius 3 is 2.59 bits per heavy atom. The van der Waals surface area contributed by atoms with Crippen molar-refractivity contribution < 1.29 is 19.1 Å². The van der Waals surface area contributed by atoms with Crippen LogP contribution in [0, 0.1) is 11.8 Å². The van der Waals surface area contributed by atoms with Crippen molar-refractivity contribution in [2.45, 2.75) is 46.0 Å². The van der Waals surface area contributed by atoms with Gasteiger partial charge in [0.25, 0.3) is 0 Å². The third-order valence-corrected chi connectivity index (χ3v) is 3.28. The van der Waals surface area contributed by atoms with Crippen molar-refractivity contribution in [2.75, 3.05) is 6.61 Å². The summed E-state index contributed by atoms with van der Waals surface area (Å²) in [5.41, 5.74) is 0. The molecule has 0 aromatic heterocycles. The molecule has 0 aromatic rings. The third kappa shape index (κ3) is 3.95. The van der Waals surface area contributed by atoms with Crippen molar-refractivity contribution in [3.05, 3.63) is 0 Å². The Labute approximate surface area is 102 Å². The maximum Gasteiger partial charge on any atom is 0.308 e. The Morgan fingerprint density at radius 1 is 1.29 bits per heavy atom. The summed E-state index contributed by atoms with van der Waals surface area (Å²) in [7, 11) is 0. The molecule has 0 aliphatic heterocycles. The average molecular weight is 240 g/mol. The molecule has 0 spiro atoms. The molecular formula is C13H20O4. The molecule has 1 aliphatic rings. The first-order valence-electron chi connectivity index (χ1n) is 6.26. The fourth-order valence-corrected chi connectivity index (χ4v) is 2.30. The van der Waals surface area contributed by atoms with Gasteiger partial charge in [0.1, 0.15) is 11.6 Å². The normalized spacial score (nSPS) is 25.9. The summed E-state index contributed by atoms with van der Waals surface area (Å²) in [5.74, 6) is -0.902. The van der Waals surface area contributed by atoms with E-state index < -0.39 is 5.92 Å². The highest BCUT2D eigenvalue weighted by Crippen LogP contribution is 2.25. The van der Waals surface area contributed by atoms with Crippen LogP contribution >= 0.6 is 0 Å². The van der Waals surface area contributed by atoms with E-state index in [1.807, 2.05) is 0 Å². The fraction of sp³-hybridized carbons (Fsp3) is 0.769. The van der Waals surface area contributed by atoms with E-state index in [2.05, 4.69) is 0 Å². The van der Waals surface area contributed by atoms with Crippen LogP contribution in [-0.2, 0) is 19.1 Å². The van der Waals surface area contributed by atoms with E-state index in [1.165, 1.54) is 6.92 Å². The quantitative estimate of drug-likeness (QED) is 0.558. The molecule has 1 fully saturated rings. The lowest BCUT2D eigenvalue weighted by Crippen LogP contribution is -2.27. The number of ketones is 2. The Hall–Kier alpha value is -1.19. The molecule has 0 bridgehead atoms. The van der Waals surface area contributed by atoms with Gasteiger partial charge < -0.3 is 4.74 Å². The molecule has 0 heterocycles. The number of hydrogen-bond donors (Lipinski definition) is 0. The van der Waals surface area contributed by atoms with Gasteiger partial charge in [0.05, 0.1) is 18.4 Å².